The number of aromatic carboxylic acids is 1. The maximum atomic E-state index is 10.9. The minimum Gasteiger partial charge on any atom is -0.489 e. The molecule has 0 fully saturated rings. The third kappa shape index (κ3) is 4.87. The molecule has 0 spiro atoms. The third-order valence-electron chi connectivity index (χ3n) is 4.28. The van der Waals surface area contributed by atoms with Gasteiger partial charge in [-0.05, 0) is 54.0 Å². The van der Waals surface area contributed by atoms with E-state index in [4.69, 9.17) is 9.84 Å². The highest BCUT2D eigenvalue weighted by atomic mass is 16.5. The number of rotatable bonds is 6. The van der Waals surface area contributed by atoms with Crippen LogP contribution in [0.15, 0.2) is 72.8 Å². The fraction of sp³-hybridized carbons (Fsp3) is 0.0833. The van der Waals surface area contributed by atoms with Crippen molar-refractivity contribution in [1.29, 1.82) is 5.26 Å². The first-order valence-corrected chi connectivity index (χ1v) is 8.79. The van der Waals surface area contributed by atoms with Gasteiger partial charge in [-0.3, -0.25) is 0 Å². The van der Waals surface area contributed by atoms with E-state index in [2.05, 4.69) is 6.07 Å². The Morgan fingerprint density at radius 1 is 0.964 bits per heavy atom. The second kappa shape index (κ2) is 8.70. The quantitative estimate of drug-likeness (QED) is 0.470. The van der Waals surface area contributed by atoms with E-state index >= 15 is 0 Å². The lowest BCUT2D eigenvalue weighted by Gasteiger charge is -2.07. The molecular weight excluding hydrogens is 350 g/mol. The van der Waals surface area contributed by atoms with Crippen LogP contribution >= 0.6 is 0 Å². The van der Waals surface area contributed by atoms with Gasteiger partial charge in [0, 0.05) is 0 Å². The van der Waals surface area contributed by atoms with Gasteiger partial charge in [-0.15, -0.1) is 0 Å². The summed E-state index contributed by atoms with van der Waals surface area (Å²) in [7, 11) is 0. The van der Waals surface area contributed by atoms with Crippen molar-refractivity contribution in [2.45, 2.75) is 13.5 Å². The summed E-state index contributed by atoms with van der Waals surface area (Å²) in [5.74, 6) is -0.244. The summed E-state index contributed by atoms with van der Waals surface area (Å²) in [4.78, 5) is 10.9. The van der Waals surface area contributed by atoms with Crippen molar-refractivity contribution in [2.75, 3.05) is 0 Å². The average molecular weight is 369 g/mol. The Morgan fingerprint density at radius 2 is 1.57 bits per heavy atom. The molecule has 0 radical (unpaired) electrons. The van der Waals surface area contributed by atoms with Crippen LogP contribution in [-0.4, -0.2) is 11.1 Å². The van der Waals surface area contributed by atoms with Gasteiger partial charge in [0.2, 0.25) is 0 Å². The Morgan fingerprint density at radius 3 is 2.14 bits per heavy atom. The average Bonchev–Trinajstić information content (AvgIpc) is 2.72. The molecule has 4 nitrogen and oxygen atoms in total. The second-order valence-corrected chi connectivity index (χ2v) is 6.40. The van der Waals surface area contributed by atoms with Crippen molar-refractivity contribution < 1.29 is 14.6 Å². The zero-order valence-electron chi connectivity index (χ0n) is 15.4. The van der Waals surface area contributed by atoms with Gasteiger partial charge in [0.1, 0.15) is 12.4 Å². The molecule has 0 saturated heterocycles. The van der Waals surface area contributed by atoms with Gasteiger partial charge in [0.25, 0.3) is 0 Å². The first kappa shape index (κ1) is 18.9. The van der Waals surface area contributed by atoms with E-state index in [1.807, 2.05) is 61.5 Å². The number of nitrogens with zero attached hydrogens (tertiary/aromatic N) is 1. The summed E-state index contributed by atoms with van der Waals surface area (Å²) in [6, 6.07) is 24.2. The predicted octanol–water partition coefficient (Wildman–Crippen LogP) is 5.34. The van der Waals surface area contributed by atoms with Crippen molar-refractivity contribution in [3.63, 3.8) is 0 Å². The highest BCUT2D eigenvalue weighted by molar-refractivity contribution is 5.89. The molecule has 4 heteroatoms. The van der Waals surface area contributed by atoms with Crippen molar-refractivity contribution >= 4 is 17.6 Å². The van der Waals surface area contributed by atoms with Crippen LogP contribution in [0.25, 0.3) is 11.6 Å². The molecule has 0 amide bonds. The van der Waals surface area contributed by atoms with E-state index in [-0.39, 0.29) is 5.56 Å². The Balaban J connectivity index is 1.66. The fourth-order valence-corrected chi connectivity index (χ4v) is 2.65. The minimum absolute atomic E-state index is 0.252. The van der Waals surface area contributed by atoms with Gasteiger partial charge in [0.15, 0.2) is 0 Å². The Bertz CT molecular complexity index is 1030. The smallest absolute Gasteiger partial charge is 0.335 e. The molecule has 28 heavy (non-hydrogen) atoms. The number of hydrogen-bond acceptors (Lipinski definition) is 3. The number of allylic oxidation sites excluding steroid dienone is 1. The molecule has 138 valence electrons. The van der Waals surface area contributed by atoms with Gasteiger partial charge < -0.3 is 9.84 Å². The standard InChI is InChI=1S/C24H19NO3/c1-17-2-8-20(9-3-17)22(15-25)14-18-6-12-23(13-7-18)28-16-19-4-10-21(11-5-19)24(26)27/h2-14H,16H2,1H3,(H,26,27)/b22-14+. The van der Waals surface area contributed by atoms with Gasteiger partial charge in [0.05, 0.1) is 17.2 Å². The van der Waals surface area contributed by atoms with Crippen molar-refractivity contribution in [2.24, 2.45) is 0 Å². The molecule has 0 bridgehead atoms. The summed E-state index contributed by atoms with van der Waals surface area (Å²) in [6.45, 7) is 2.36. The summed E-state index contributed by atoms with van der Waals surface area (Å²) < 4.78 is 5.74. The second-order valence-electron chi connectivity index (χ2n) is 6.40. The number of benzene rings is 3. The van der Waals surface area contributed by atoms with Gasteiger partial charge in [-0.2, -0.15) is 5.26 Å². The van der Waals surface area contributed by atoms with Crippen LogP contribution in [0.1, 0.15) is 32.6 Å². The van der Waals surface area contributed by atoms with Crippen LogP contribution < -0.4 is 4.74 Å². The first-order valence-electron chi connectivity index (χ1n) is 8.79. The normalized spacial score (nSPS) is 10.9. The molecule has 0 unspecified atom stereocenters. The SMILES string of the molecule is Cc1ccc(/C(C#N)=C/c2ccc(OCc3ccc(C(=O)O)cc3)cc2)cc1. The number of carbonyl (C=O) groups is 1. The fourth-order valence-electron chi connectivity index (χ4n) is 2.65. The maximum Gasteiger partial charge on any atom is 0.335 e. The predicted molar refractivity (Wildman–Crippen MR) is 109 cm³/mol. The van der Waals surface area contributed by atoms with Crippen LogP contribution in [-0.2, 0) is 6.61 Å². The van der Waals surface area contributed by atoms with E-state index in [0.717, 1.165) is 22.3 Å². The Hall–Kier alpha value is -3.84. The maximum absolute atomic E-state index is 10.9. The van der Waals surface area contributed by atoms with Crippen molar-refractivity contribution in [3.8, 4) is 11.8 Å². The summed E-state index contributed by atoms with van der Waals surface area (Å²) in [5.41, 5.74) is 4.70. The monoisotopic (exact) mass is 369 g/mol. The van der Waals surface area contributed by atoms with E-state index in [9.17, 15) is 10.1 Å². The molecular formula is C24H19NO3. The van der Waals surface area contributed by atoms with Crippen LogP contribution in [0.3, 0.4) is 0 Å². The summed E-state index contributed by atoms with van der Waals surface area (Å²) >= 11 is 0. The molecule has 0 aliphatic heterocycles. The number of ether oxygens (including phenoxy) is 1. The summed E-state index contributed by atoms with van der Waals surface area (Å²) in [6.07, 6.45) is 1.85. The highest BCUT2D eigenvalue weighted by Gasteiger charge is 2.03. The van der Waals surface area contributed by atoms with Gasteiger partial charge in [-0.1, -0.05) is 54.1 Å². The van der Waals surface area contributed by atoms with E-state index < -0.39 is 5.97 Å². The lowest BCUT2D eigenvalue weighted by atomic mass is 10.0. The molecule has 0 aromatic heterocycles. The Kier molecular flexibility index (Phi) is 5.88. The lowest BCUT2D eigenvalue weighted by Crippen LogP contribution is -1.98. The molecule has 3 aromatic carbocycles. The van der Waals surface area contributed by atoms with Gasteiger partial charge in [-0.25, -0.2) is 4.79 Å². The molecule has 0 atom stereocenters. The number of carboxylic acids is 1. The largest absolute Gasteiger partial charge is 0.489 e. The molecule has 0 heterocycles. The molecule has 1 N–H and O–H groups in total. The first-order chi connectivity index (χ1) is 13.5. The highest BCUT2D eigenvalue weighted by Crippen LogP contribution is 2.21. The van der Waals surface area contributed by atoms with E-state index in [1.54, 1.807) is 24.3 Å². The van der Waals surface area contributed by atoms with Crippen LogP contribution in [0.4, 0.5) is 0 Å². The number of nitriles is 1. The number of hydrogen-bond donors (Lipinski definition) is 1. The topological polar surface area (TPSA) is 70.3 Å². The molecule has 0 aliphatic rings. The summed E-state index contributed by atoms with van der Waals surface area (Å²) in [5, 5.41) is 18.4. The van der Waals surface area contributed by atoms with E-state index in [0.29, 0.717) is 17.9 Å². The van der Waals surface area contributed by atoms with Crippen LogP contribution in [0.2, 0.25) is 0 Å². The number of aryl methyl sites for hydroxylation is 1. The van der Waals surface area contributed by atoms with E-state index in [1.165, 1.54) is 0 Å². The molecule has 0 saturated carbocycles. The molecule has 3 rings (SSSR count). The lowest BCUT2D eigenvalue weighted by molar-refractivity contribution is 0.0697. The minimum atomic E-state index is -0.946. The number of carboxylic acid groups (broad SMARTS) is 1. The van der Waals surface area contributed by atoms with Crippen molar-refractivity contribution in [1.82, 2.24) is 0 Å². The third-order valence-corrected chi connectivity index (χ3v) is 4.28. The van der Waals surface area contributed by atoms with Crippen LogP contribution in [0, 0.1) is 18.3 Å². The van der Waals surface area contributed by atoms with Crippen LogP contribution in [0.5, 0.6) is 5.75 Å². The van der Waals surface area contributed by atoms with Gasteiger partial charge >= 0.3 is 5.97 Å². The molecule has 0 aliphatic carbocycles. The Labute approximate surface area is 164 Å². The zero-order valence-corrected chi connectivity index (χ0v) is 15.4. The van der Waals surface area contributed by atoms with Crippen molar-refractivity contribution in [3.05, 3.63) is 101 Å². The zero-order chi connectivity index (χ0) is 19.9. The molecule has 3 aromatic rings.